The van der Waals surface area contributed by atoms with Gasteiger partial charge in [0.1, 0.15) is 22.5 Å². The number of phenols is 2. The number of rotatable bonds is 4. The fourth-order valence-corrected chi connectivity index (χ4v) is 5.59. The number of phenolic OH excluding ortho intramolecular Hbond substituents is 2. The van der Waals surface area contributed by atoms with Gasteiger partial charge in [0.25, 0.3) is 0 Å². The zero-order valence-corrected chi connectivity index (χ0v) is 29.3. The number of oxazole rings is 2. The molecule has 0 radical (unpaired) electrons. The lowest BCUT2D eigenvalue weighted by atomic mass is 9.77. The van der Waals surface area contributed by atoms with Crippen molar-refractivity contribution in [2.75, 3.05) is 0 Å². The van der Waals surface area contributed by atoms with Crippen LogP contribution in [0.1, 0.15) is 11.1 Å². The normalized spacial score (nSPS) is 10.7. The fraction of sp³-hybridized carbons (Fsp3) is 0.0500. The average molecular weight is 774 g/mol. The molecule has 0 saturated carbocycles. The maximum absolute atomic E-state index is 9.51. The highest BCUT2D eigenvalue weighted by Crippen LogP contribution is 2.30. The Hall–Kier alpha value is -5.43. The van der Waals surface area contributed by atoms with Crippen LogP contribution in [0.2, 0.25) is 0 Å². The highest BCUT2D eigenvalue weighted by Gasteiger charge is 2.12. The standard InChI is InChI=1S/C20H15NO2.C13H8INO2.C7H9BO2/c1-13-4-2-3-5-17(13)14-6-8-15(9-7-14)20-21-18-11-10-16(22)12-19(18)23-20;14-9-3-1-8(2-4-9)13-15-11-6-5-10(16)7-12(11)17-13;1-6-4-2-3-5-7(6)8(9)10/h2-12,22H,1H3;1-7,16H;2-5,9-10H,1H3. The molecule has 0 aliphatic carbocycles. The summed E-state index contributed by atoms with van der Waals surface area (Å²) in [5.41, 5.74) is 9.62. The molecule has 6 aromatic carbocycles. The summed E-state index contributed by atoms with van der Waals surface area (Å²) in [6.07, 6.45) is 0. The van der Waals surface area contributed by atoms with Gasteiger partial charge in [-0.05, 0) is 119 Å². The maximum Gasteiger partial charge on any atom is 0.488 e. The lowest BCUT2D eigenvalue weighted by molar-refractivity contribution is 0.425. The van der Waals surface area contributed by atoms with Crippen LogP contribution in [-0.2, 0) is 0 Å². The summed E-state index contributed by atoms with van der Waals surface area (Å²) in [5, 5.41) is 36.4. The topological polar surface area (TPSA) is 133 Å². The highest BCUT2D eigenvalue weighted by atomic mass is 127. The molecule has 2 aromatic heterocycles. The van der Waals surface area contributed by atoms with E-state index in [2.05, 4.69) is 63.7 Å². The van der Waals surface area contributed by atoms with E-state index in [9.17, 15) is 10.2 Å². The van der Waals surface area contributed by atoms with Gasteiger partial charge < -0.3 is 29.1 Å². The summed E-state index contributed by atoms with van der Waals surface area (Å²) in [5.74, 6) is 1.49. The Balaban J connectivity index is 0.000000141. The number of aryl methyl sites for hydroxylation is 2. The summed E-state index contributed by atoms with van der Waals surface area (Å²) in [6, 6.07) is 41.4. The smallest absolute Gasteiger partial charge is 0.488 e. The molecule has 8 aromatic rings. The van der Waals surface area contributed by atoms with E-state index in [4.69, 9.17) is 18.9 Å². The molecular formula is C40H32BIN2O6. The zero-order chi connectivity index (χ0) is 35.2. The molecule has 0 bridgehead atoms. The summed E-state index contributed by atoms with van der Waals surface area (Å²) < 4.78 is 12.5. The van der Waals surface area contributed by atoms with Crippen LogP contribution in [-0.4, -0.2) is 37.3 Å². The molecule has 0 saturated heterocycles. The van der Waals surface area contributed by atoms with Crippen molar-refractivity contribution in [3.63, 3.8) is 0 Å². The second kappa shape index (κ2) is 15.4. The van der Waals surface area contributed by atoms with E-state index in [0.717, 1.165) is 27.7 Å². The van der Waals surface area contributed by atoms with Gasteiger partial charge in [0.2, 0.25) is 11.8 Å². The second-order valence-electron chi connectivity index (χ2n) is 11.5. The third kappa shape index (κ3) is 8.23. The minimum atomic E-state index is -1.35. The Morgan fingerprint density at radius 1 is 0.540 bits per heavy atom. The lowest BCUT2D eigenvalue weighted by Gasteiger charge is -2.06. The summed E-state index contributed by atoms with van der Waals surface area (Å²) in [6.45, 7) is 3.95. The molecule has 0 aliphatic rings. The Morgan fingerprint density at radius 2 is 1.00 bits per heavy atom. The molecule has 0 atom stereocenters. The SMILES string of the molecule is Cc1ccccc1-c1ccc(-c2nc3ccc(O)cc3o2)cc1.Cc1ccccc1B(O)O.Oc1ccc2nc(-c3ccc(I)cc3)oc2c1. The number of fused-ring (bicyclic) bond motifs is 2. The summed E-state index contributed by atoms with van der Waals surface area (Å²) in [7, 11) is -1.35. The number of halogens is 1. The first-order valence-corrected chi connectivity index (χ1v) is 16.8. The second-order valence-corrected chi connectivity index (χ2v) is 12.7. The van der Waals surface area contributed by atoms with Crippen molar-refractivity contribution in [3.05, 3.63) is 148 Å². The van der Waals surface area contributed by atoms with Gasteiger partial charge in [-0.1, -0.05) is 66.2 Å². The van der Waals surface area contributed by atoms with E-state index in [1.165, 1.54) is 20.3 Å². The molecule has 248 valence electrons. The van der Waals surface area contributed by atoms with Crippen LogP contribution in [0.4, 0.5) is 0 Å². The quantitative estimate of drug-likeness (QED) is 0.103. The van der Waals surface area contributed by atoms with E-state index in [-0.39, 0.29) is 11.5 Å². The number of hydrogen-bond acceptors (Lipinski definition) is 8. The number of benzene rings is 6. The molecular weight excluding hydrogens is 742 g/mol. The Kier molecular flexibility index (Phi) is 10.6. The molecule has 2 heterocycles. The number of hydrogen-bond donors (Lipinski definition) is 4. The number of aromatic hydroxyl groups is 2. The van der Waals surface area contributed by atoms with Crippen LogP contribution in [0.25, 0.3) is 56.2 Å². The van der Waals surface area contributed by atoms with Gasteiger partial charge in [-0.2, -0.15) is 0 Å². The van der Waals surface area contributed by atoms with Crippen molar-refractivity contribution in [1.82, 2.24) is 9.97 Å². The summed E-state index contributed by atoms with van der Waals surface area (Å²) in [4.78, 5) is 8.84. The highest BCUT2D eigenvalue weighted by molar-refractivity contribution is 14.1. The van der Waals surface area contributed by atoms with Gasteiger partial charge in [0, 0.05) is 26.8 Å². The predicted molar refractivity (Wildman–Crippen MR) is 206 cm³/mol. The first-order chi connectivity index (χ1) is 24.1. The average Bonchev–Trinajstić information content (AvgIpc) is 3.73. The monoisotopic (exact) mass is 774 g/mol. The Bertz CT molecular complexity index is 2370. The molecule has 4 N–H and O–H groups in total. The van der Waals surface area contributed by atoms with Crippen molar-refractivity contribution >= 4 is 57.4 Å². The molecule has 8 rings (SSSR count). The predicted octanol–water partition coefficient (Wildman–Crippen LogP) is 8.66. The third-order valence-electron chi connectivity index (χ3n) is 7.89. The van der Waals surface area contributed by atoms with Crippen molar-refractivity contribution < 1.29 is 29.1 Å². The number of nitrogens with zero attached hydrogens (tertiary/aromatic N) is 2. The first kappa shape index (κ1) is 34.4. The van der Waals surface area contributed by atoms with Crippen molar-refractivity contribution in [2.24, 2.45) is 0 Å². The van der Waals surface area contributed by atoms with Gasteiger partial charge in [0.05, 0.1) is 0 Å². The zero-order valence-electron chi connectivity index (χ0n) is 27.2. The van der Waals surface area contributed by atoms with Gasteiger partial charge >= 0.3 is 7.12 Å². The minimum absolute atomic E-state index is 0.176. The van der Waals surface area contributed by atoms with Crippen molar-refractivity contribution in [3.8, 4) is 45.5 Å². The Labute approximate surface area is 302 Å². The lowest BCUT2D eigenvalue weighted by Crippen LogP contribution is -2.31. The van der Waals surface area contributed by atoms with E-state index in [1.54, 1.807) is 48.5 Å². The van der Waals surface area contributed by atoms with Crippen LogP contribution >= 0.6 is 22.6 Å². The van der Waals surface area contributed by atoms with Crippen LogP contribution in [0, 0.1) is 17.4 Å². The van der Waals surface area contributed by atoms with Gasteiger partial charge in [-0.3, -0.25) is 0 Å². The van der Waals surface area contributed by atoms with Crippen molar-refractivity contribution in [1.29, 1.82) is 0 Å². The van der Waals surface area contributed by atoms with E-state index >= 15 is 0 Å². The minimum Gasteiger partial charge on any atom is -0.508 e. The number of aromatic nitrogens is 2. The van der Waals surface area contributed by atoms with E-state index in [1.807, 2.05) is 67.6 Å². The van der Waals surface area contributed by atoms with Crippen LogP contribution < -0.4 is 5.46 Å². The molecule has 8 nitrogen and oxygen atoms in total. The van der Waals surface area contributed by atoms with Crippen LogP contribution in [0.3, 0.4) is 0 Å². The fourth-order valence-electron chi connectivity index (χ4n) is 5.23. The van der Waals surface area contributed by atoms with Crippen LogP contribution in [0.15, 0.2) is 142 Å². The molecule has 0 amide bonds. The van der Waals surface area contributed by atoms with Gasteiger partial charge in [-0.15, -0.1) is 0 Å². The molecule has 0 aliphatic heterocycles. The molecule has 10 heteroatoms. The summed E-state index contributed by atoms with van der Waals surface area (Å²) >= 11 is 2.25. The van der Waals surface area contributed by atoms with Crippen molar-refractivity contribution in [2.45, 2.75) is 13.8 Å². The molecule has 0 spiro atoms. The molecule has 0 unspecified atom stereocenters. The van der Waals surface area contributed by atoms with E-state index < -0.39 is 7.12 Å². The van der Waals surface area contributed by atoms with Crippen LogP contribution in [0.5, 0.6) is 11.5 Å². The molecule has 0 fully saturated rings. The van der Waals surface area contributed by atoms with Gasteiger partial charge in [0.15, 0.2) is 11.2 Å². The Morgan fingerprint density at radius 3 is 1.48 bits per heavy atom. The largest absolute Gasteiger partial charge is 0.508 e. The third-order valence-corrected chi connectivity index (χ3v) is 8.61. The first-order valence-electron chi connectivity index (χ1n) is 15.7. The van der Waals surface area contributed by atoms with Gasteiger partial charge in [-0.25, -0.2) is 9.97 Å². The molecule has 50 heavy (non-hydrogen) atoms. The van der Waals surface area contributed by atoms with E-state index in [0.29, 0.717) is 28.4 Å². The maximum atomic E-state index is 9.51.